The molecule has 2 N–H and O–H groups in total. The summed E-state index contributed by atoms with van der Waals surface area (Å²) < 4.78 is 0. The second kappa shape index (κ2) is 3.39. The van der Waals surface area contributed by atoms with Crippen LogP contribution in [-0.2, 0) is 6.54 Å². The number of aromatic nitrogens is 1. The van der Waals surface area contributed by atoms with Gasteiger partial charge in [0.05, 0.1) is 5.52 Å². The Hall–Kier alpha value is -1.41. The van der Waals surface area contributed by atoms with E-state index in [2.05, 4.69) is 18.0 Å². The molecular formula is C12H14N2. The number of fused-ring (bicyclic) bond motifs is 1. The van der Waals surface area contributed by atoms with Gasteiger partial charge in [0, 0.05) is 17.6 Å². The number of para-hydroxylation sites is 1. The van der Waals surface area contributed by atoms with Gasteiger partial charge in [-0.3, -0.25) is 4.98 Å². The van der Waals surface area contributed by atoms with Crippen LogP contribution in [0.25, 0.3) is 10.9 Å². The number of hydrogen-bond donors (Lipinski definition) is 1. The topological polar surface area (TPSA) is 38.9 Å². The molecule has 2 heteroatoms. The summed E-state index contributed by atoms with van der Waals surface area (Å²) in [5.74, 6) is 0. The van der Waals surface area contributed by atoms with Crippen LogP contribution >= 0.6 is 0 Å². The maximum Gasteiger partial charge on any atom is 0.0708 e. The van der Waals surface area contributed by atoms with Gasteiger partial charge in [-0.1, -0.05) is 18.2 Å². The van der Waals surface area contributed by atoms with Crippen LogP contribution in [0, 0.1) is 13.8 Å². The van der Waals surface area contributed by atoms with Gasteiger partial charge in [-0.15, -0.1) is 0 Å². The average Bonchev–Trinajstić information content (AvgIpc) is 2.18. The fraction of sp³-hybridized carbons (Fsp3) is 0.250. The summed E-state index contributed by atoms with van der Waals surface area (Å²) in [4.78, 5) is 4.53. The minimum atomic E-state index is 0.565. The van der Waals surface area contributed by atoms with Crippen molar-refractivity contribution in [2.24, 2.45) is 5.73 Å². The molecule has 1 heterocycles. The summed E-state index contributed by atoms with van der Waals surface area (Å²) in [6.45, 7) is 4.69. The molecule has 72 valence electrons. The van der Waals surface area contributed by atoms with E-state index in [0.29, 0.717) is 6.54 Å². The van der Waals surface area contributed by atoms with E-state index < -0.39 is 0 Å². The van der Waals surface area contributed by atoms with E-state index in [1.807, 2.05) is 25.1 Å². The highest BCUT2D eigenvalue weighted by atomic mass is 14.7. The Morgan fingerprint density at radius 1 is 1.21 bits per heavy atom. The summed E-state index contributed by atoms with van der Waals surface area (Å²) in [5.41, 5.74) is 10.2. The Bertz CT molecular complexity index is 475. The minimum absolute atomic E-state index is 0.565. The third kappa shape index (κ3) is 1.28. The average molecular weight is 186 g/mol. The van der Waals surface area contributed by atoms with Gasteiger partial charge in [-0.05, 0) is 31.0 Å². The first-order chi connectivity index (χ1) is 6.74. The van der Waals surface area contributed by atoms with Crippen molar-refractivity contribution in [1.82, 2.24) is 4.98 Å². The van der Waals surface area contributed by atoms with Crippen LogP contribution in [0.5, 0.6) is 0 Å². The summed E-state index contributed by atoms with van der Waals surface area (Å²) in [7, 11) is 0. The molecule has 0 radical (unpaired) electrons. The highest BCUT2D eigenvalue weighted by molar-refractivity contribution is 5.83. The van der Waals surface area contributed by atoms with Crippen LogP contribution in [0.4, 0.5) is 0 Å². The molecule has 2 rings (SSSR count). The molecule has 1 aromatic carbocycles. The smallest absolute Gasteiger partial charge is 0.0708 e. The lowest BCUT2D eigenvalue weighted by atomic mass is 10.0. The van der Waals surface area contributed by atoms with Crippen molar-refractivity contribution in [2.45, 2.75) is 20.4 Å². The third-order valence-corrected chi connectivity index (χ3v) is 2.69. The first-order valence-corrected chi connectivity index (χ1v) is 4.79. The standard InChI is InChI=1S/C12H14N2/c1-8-10-5-3-4-6-12(10)14-9(2)11(8)7-13/h3-6H,7,13H2,1-2H3. The zero-order valence-electron chi connectivity index (χ0n) is 8.54. The maximum atomic E-state index is 5.70. The lowest BCUT2D eigenvalue weighted by molar-refractivity contribution is 1.00. The number of hydrogen-bond acceptors (Lipinski definition) is 2. The van der Waals surface area contributed by atoms with E-state index in [9.17, 15) is 0 Å². The Balaban J connectivity index is 2.86. The second-order valence-electron chi connectivity index (χ2n) is 3.52. The van der Waals surface area contributed by atoms with Crippen LogP contribution in [0.3, 0.4) is 0 Å². The van der Waals surface area contributed by atoms with Gasteiger partial charge in [0.2, 0.25) is 0 Å². The fourth-order valence-corrected chi connectivity index (χ4v) is 1.87. The molecular weight excluding hydrogens is 172 g/mol. The Morgan fingerprint density at radius 3 is 2.64 bits per heavy atom. The Labute approximate surface area is 83.8 Å². The fourth-order valence-electron chi connectivity index (χ4n) is 1.87. The monoisotopic (exact) mass is 186 g/mol. The highest BCUT2D eigenvalue weighted by Gasteiger charge is 2.06. The summed E-state index contributed by atoms with van der Waals surface area (Å²) in [6.07, 6.45) is 0. The van der Waals surface area contributed by atoms with E-state index >= 15 is 0 Å². The van der Waals surface area contributed by atoms with Gasteiger partial charge in [0.25, 0.3) is 0 Å². The van der Waals surface area contributed by atoms with Crippen LogP contribution in [0.15, 0.2) is 24.3 Å². The van der Waals surface area contributed by atoms with Gasteiger partial charge in [-0.25, -0.2) is 0 Å². The summed E-state index contributed by atoms with van der Waals surface area (Å²) in [5, 5.41) is 1.21. The number of rotatable bonds is 1. The molecule has 0 aliphatic rings. The quantitative estimate of drug-likeness (QED) is 0.742. The SMILES string of the molecule is Cc1nc2ccccc2c(C)c1CN. The van der Waals surface area contributed by atoms with E-state index in [1.54, 1.807) is 0 Å². The Morgan fingerprint density at radius 2 is 1.93 bits per heavy atom. The lowest BCUT2D eigenvalue weighted by Crippen LogP contribution is -2.04. The molecule has 0 aliphatic carbocycles. The zero-order valence-corrected chi connectivity index (χ0v) is 8.54. The molecule has 0 fully saturated rings. The number of nitrogens with zero attached hydrogens (tertiary/aromatic N) is 1. The van der Waals surface area contributed by atoms with Crippen LogP contribution in [-0.4, -0.2) is 4.98 Å². The van der Waals surface area contributed by atoms with Gasteiger partial charge >= 0.3 is 0 Å². The largest absolute Gasteiger partial charge is 0.326 e. The van der Waals surface area contributed by atoms with Crippen LogP contribution in [0.2, 0.25) is 0 Å². The number of pyridine rings is 1. The molecule has 1 aromatic heterocycles. The predicted molar refractivity (Wildman–Crippen MR) is 59.1 cm³/mol. The van der Waals surface area contributed by atoms with Gasteiger partial charge < -0.3 is 5.73 Å². The van der Waals surface area contributed by atoms with Crippen molar-refractivity contribution in [3.8, 4) is 0 Å². The maximum absolute atomic E-state index is 5.70. The number of aryl methyl sites for hydroxylation is 2. The molecule has 2 aromatic rings. The van der Waals surface area contributed by atoms with Crippen molar-refractivity contribution in [3.63, 3.8) is 0 Å². The van der Waals surface area contributed by atoms with Crippen LogP contribution in [0.1, 0.15) is 16.8 Å². The van der Waals surface area contributed by atoms with Crippen LogP contribution < -0.4 is 5.73 Å². The minimum Gasteiger partial charge on any atom is -0.326 e. The highest BCUT2D eigenvalue weighted by Crippen LogP contribution is 2.21. The van der Waals surface area contributed by atoms with E-state index in [-0.39, 0.29) is 0 Å². The molecule has 0 unspecified atom stereocenters. The van der Waals surface area contributed by atoms with E-state index in [4.69, 9.17) is 5.73 Å². The normalized spacial score (nSPS) is 10.8. The molecule has 0 aliphatic heterocycles. The molecule has 0 spiro atoms. The summed E-state index contributed by atoms with van der Waals surface area (Å²) >= 11 is 0. The van der Waals surface area contributed by atoms with Gasteiger partial charge in [0.15, 0.2) is 0 Å². The first-order valence-electron chi connectivity index (χ1n) is 4.79. The van der Waals surface area contributed by atoms with Crippen molar-refractivity contribution in [3.05, 3.63) is 41.1 Å². The third-order valence-electron chi connectivity index (χ3n) is 2.69. The van der Waals surface area contributed by atoms with Crippen molar-refractivity contribution in [2.75, 3.05) is 0 Å². The molecule has 0 atom stereocenters. The van der Waals surface area contributed by atoms with Crippen molar-refractivity contribution < 1.29 is 0 Å². The zero-order chi connectivity index (χ0) is 10.1. The lowest BCUT2D eigenvalue weighted by Gasteiger charge is -2.09. The van der Waals surface area contributed by atoms with E-state index in [1.165, 1.54) is 16.5 Å². The predicted octanol–water partition coefficient (Wildman–Crippen LogP) is 2.31. The number of benzene rings is 1. The Kier molecular flexibility index (Phi) is 2.22. The molecule has 0 saturated heterocycles. The molecule has 0 amide bonds. The molecule has 14 heavy (non-hydrogen) atoms. The van der Waals surface area contributed by atoms with Crippen molar-refractivity contribution >= 4 is 10.9 Å². The molecule has 0 saturated carbocycles. The van der Waals surface area contributed by atoms with Gasteiger partial charge in [-0.2, -0.15) is 0 Å². The second-order valence-corrected chi connectivity index (χ2v) is 3.52. The molecule has 2 nitrogen and oxygen atoms in total. The summed E-state index contributed by atoms with van der Waals surface area (Å²) in [6, 6.07) is 8.18. The van der Waals surface area contributed by atoms with Gasteiger partial charge in [0.1, 0.15) is 0 Å². The number of nitrogens with two attached hydrogens (primary N) is 1. The van der Waals surface area contributed by atoms with Crippen molar-refractivity contribution in [1.29, 1.82) is 0 Å². The van der Waals surface area contributed by atoms with E-state index in [0.717, 1.165) is 11.2 Å². The first kappa shape index (κ1) is 9.16. The molecule has 0 bridgehead atoms.